The van der Waals surface area contributed by atoms with E-state index >= 15 is 0 Å². The van der Waals surface area contributed by atoms with E-state index in [0.717, 1.165) is 0 Å². The minimum atomic E-state index is -0.530. The molecule has 3 N–H and O–H groups in total. The van der Waals surface area contributed by atoms with Gasteiger partial charge in [-0.3, -0.25) is 4.79 Å². The fourth-order valence-corrected chi connectivity index (χ4v) is 3.63. The van der Waals surface area contributed by atoms with Crippen molar-refractivity contribution in [1.82, 2.24) is 4.98 Å². The maximum atomic E-state index is 12.6. The fourth-order valence-electron chi connectivity index (χ4n) is 3.63. The van der Waals surface area contributed by atoms with Crippen LogP contribution >= 0.6 is 0 Å². The summed E-state index contributed by atoms with van der Waals surface area (Å²) in [6.07, 6.45) is 1.55. The van der Waals surface area contributed by atoms with Gasteiger partial charge in [-0.05, 0) is 18.6 Å². The molecule has 0 radical (unpaired) electrons. The summed E-state index contributed by atoms with van der Waals surface area (Å²) in [6, 6.07) is 8.52. The fraction of sp³-hybridized carbons (Fsp3) is 0.429. The van der Waals surface area contributed by atoms with E-state index in [4.69, 9.17) is 0 Å². The number of carbonyl (C=O) groups is 1. The Labute approximate surface area is 164 Å². The Hall–Kier alpha value is -2.64. The monoisotopic (exact) mass is 385 g/mol. The van der Waals surface area contributed by atoms with E-state index in [0.29, 0.717) is 35.6 Å². The molecule has 2 atom stereocenters. The standard InChI is InChI=1S/C21H27N3O4/c1-13(2)21(28)23(3)18-10-22-20(24-11-15(26)8-14(24)12-25)9-17(18)16-6-4-5-7-19(16)27/h4-7,9-10,13-15,25-27H,8,11-12H2,1-3H3. The van der Waals surface area contributed by atoms with E-state index < -0.39 is 6.10 Å². The molecule has 3 rings (SSSR count). The van der Waals surface area contributed by atoms with Crippen LogP contribution in [-0.2, 0) is 4.79 Å². The quantitative estimate of drug-likeness (QED) is 0.728. The second-order valence-corrected chi connectivity index (χ2v) is 7.51. The lowest BCUT2D eigenvalue weighted by Crippen LogP contribution is -2.34. The number of anilines is 2. The van der Waals surface area contributed by atoms with Crippen LogP contribution in [0.5, 0.6) is 5.75 Å². The number of para-hydroxylation sites is 1. The number of hydrogen-bond acceptors (Lipinski definition) is 6. The van der Waals surface area contributed by atoms with Gasteiger partial charge < -0.3 is 25.1 Å². The maximum Gasteiger partial charge on any atom is 0.229 e. The van der Waals surface area contributed by atoms with Crippen molar-refractivity contribution in [2.45, 2.75) is 32.4 Å². The van der Waals surface area contributed by atoms with Gasteiger partial charge in [-0.2, -0.15) is 0 Å². The Kier molecular flexibility index (Phi) is 5.86. The number of carbonyl (C=O) groups excluding carboxylic acids is 1. The SMILES string of the molecule is CC(C)C(=O)N(C)c1cnc(N2CC(O)CC2CO)cc1-c1ccccc1O. The van der Waals surface area contributed by atoms with Crippen LogP contribution in [0.15, 0.2) is 36.5 Å². The average molecular weight is 385 g/mol. The molecule has 1 saturated heterocycles. The van der Waals surface area contributed by atoms with Gasteiger partial charge in [-0.1, -0.05) is 32.0 Å². The van der Waals surface area contributed by atoms with Gasteiger partial charge in [0.1, 0.15) is 11.6 Å². The summed E-state index contributed by atoms with van der Waals surface area (Å²) in [5.74, 6) is 0.444. The maximum absolute atomic E-state index is 12.6. The summed E-state index contributed by atoms with van der Waals surface area (Å²) in [4.78, 5) is 20.5. The van der Waals surface area contributed by atoms with Crippen molar-refractivity contribution < 1.29 is 20.1 Å². The molecule has 1 aliphatic heterocycles. The molecule has 1 amide bonds. The van der Waals surface area contributed by atoms with Crippen molar-refractivity contribution in [2.75, 3.05) is 30.0 Å². The Morgan fingerprint density at radius 1 is 1.32 bits per heavy atom. The number of aromatic nitrogens is 1. The number of hydrogen-bond donors (Lipinski definition) is 3. The number of nitrogens with zero attached hydrogens (tertiary/aromatic N) is 3. The van der Waals surface area contributed by atoms with Gasteiger partial charge >= 0.3 is 0 Å². The summed E-state index contributed by atoms with van der Waals surface area (Å²) < 4.78 is 0. The largest absolute Gasteiger partial charge is 0.507 e. The number of amides is 1. The van der Waals surface area contributed by atoms with Crippen LogP contribution in [0.3, 0.4) is 0 Å². The van der Waals surface area contributed by atoms with Crippen molar-refractivity contribution in [3.05, 3.63) is 36.5 Å². The Morgan fingerprint density at radius 3 is 2.68 bits per heavy atom. The Balaban J connectivity index is 2.11. The molecule has 1 aromatic heterocycles. The van der Waals surface area contributed by atoms with Crippen LogP contribution in [0, 0.1) is 5.92 Å². The molecule has 0 aliphatic carbocycles. The van der Waals surface area contributed by atoms with Crippen molar-refractivity contribution in [2.24, 2.45) is 5.92 Å². The Morgan fingerprint density at radius 2 is 2.04 bits per heavy atom. The highest BCUT2D eigenvalue weighted by molar-refractivity contribution is 5.99. The predicted octanol–water partition coefficient (Wildman–Crippen LogP) is 2.00. The molecular weight excluding hydrogens is 358 g/mol. The van der Waals surface area contributed by atoms with E-state index in [-0.39, 0.29) is 30.2 Å². The van der Waals surface area contributed by atoms with Crippen LogP contribution < -0.4 is 9.80 Å². The number of pyridine rings is 1. The first-order valence-corrected chi connectivity index (χ1v) is 9.45. The highest BCUT2D eigenvalue weighted by Gasteiger charge is 2.32. The Bertz CT molecular complexity index is 855. The summed E-state index contributed by atoms with van der Waals surface area (Å²) in [5.41, 5.74) is 1.84. The zero-order valence-electron chi connectivity index (χ0n) is 16.4. The molecule has 150 valence electrons. The highest BCUT2D eigenvalue weighted by atomic mass is 16.3. The van der Waals surface area contributed by atoms with Gasteiger partial charge in [0.25, 0.3) is 0 Å². The number of aliphatic hydroxyl groups excluding tert-OH is 2. The molecule has 7 heteroatoms. The topological polar surface area (TPSA) is 97.1 Å². The number of aromatic hydroxyl groups is 1. The number of β-amino-alcohol motifs (C(OH)–C–C–N with tert-alkyl or cyclic N) is 1. The smallest absolute Gasteiger partial charge is 0.229 e. The predicted molar refractivity (Wildman–Crippen MR) is 108 cm³/mol. The summed E-state index contributed by atoms with van der Waals surface area (Å²) in [6.45, 7) is 3.95. The second-order valence-electron chi connectivity index (χ2n) is 7.51. The lowest BCUT2D eigenvalue weighted by molar-refractivity contribution is -0.121. The molecule has 2 unspecified atom stereocenters. The van der Waals surface area contributed by atoms with Gasteiger partial charge in [0.15, 0.2) is 0 Å². The number of aliphatic hydroxyl groups is 2. The number of phenolic OH excluding ortho intramolecular Hbond substituents is 1. The third-order valence-corrected chi connectivity index (χ3v) is 5.15. The van der Waals surface area contributed by atoms with Gasteiger partial charge in [-0.25, -0.2) is 4.98 Å². The van der Waals surface area contributed by atoms with Crippen LogP contribution in [0.1, 0.15) is 20.3 Å². The molecule has 7 nitrogen and oxygen atoms in total. The third-order valence-electron chi connectivity index (χ3n) is 5.15. The minimum absolute atomic E-state index is 0.0592. The van der Waals surface area contributed by atoms with Crippen molar-refractivity contribution in [3.8, 4) is 16.9 Å². The number of benzene rings is 1. The summed E-state index contributed by atoms with van der Waals surface area (Å²) >= 11 is 0. The molecule has 2 heterocycles. The molecule has 0 spiro atoms. The molecule has 0 bridgehead atoms. The van der Waals surface area contributed by atoms with Crippen molar-refractivity contribution in [1.29, 1.82) is 0 Å². The zero-order chi connectivity index (χ0) is 20.4. The molecule has 1 fully saturated rings. The molecule has 2 aromatic rings. The summed E-state index contributed by atoms with van der Waals surface area (Å²) in [5, 5.41) is 30.0. The lowest BCUT2D eigenvalue weighted by Gasteiger charge is -2.27. The van der Waals surface area contributed by atoms with Gasteiger partial charge in [0.05, 0.1) is 30.6 Å². The first kappa shape index (κ1) is 20.1. The first-order chi connectivity index (χ1) is 13.3. The molecule has 28 heavy (non-hydrogen) atoms. The van der Waals surface area contributed by atoms with Gasteiger partial charge in [0, 0.05) is 30.6 Å². The highest BCUT2D eigenvalue weighted by Crippen LogP contribution is 2.38. The number of phenols is 1. The second kappa shape index (κ2) is 8.16. The van der Waals surface area contributed by atoms with E-state index in [9.17, 15) is 20.1 Å². The average Bonchev–Trinajstić information content (AvgIpc) is 3.07. The van der Waals surface area contributed by atoms with Crippen LogP contribution in [0.2, 0.25) is 0 Å². The molecular formula is C21H27N3O4. The van der Waals surface area contributed by atoms with Gasteiger partial charge in [0.2, 0.25) is 5.91 Å². The zero-order valence-corrected chi connectivity index (χ0v) is 16.4. The summed E-state index contributed by atoms with van der Waals surface area (Å²) in [7, 11) is 1.69. The first-order valence-electron chi connectivity index (χ1n) is 9.45. The van der Waals surface area contributed by atoms with Crippen molar-refractivity contribution >= 4 is 17.4 Å². The van der Waals surface area contributed by atoms with Gasteiger partial charge in [-0.15, -0.1) is 0 Å². The molecule has 1 aliphatic rings. The lowest BCUT2D eigenvalue weighted by atomic mass is 10.0. The molecule has 0 saturated carbocycles. The van der Waals surface area contributed by atoms with Crippen molar-refractivity contribution in [3.63, 3.8) is 0 Å². The van der Waals surface area contributed by atoms with E-state index in [1.807, 2.05) is 24.8 Å². The molecule has 1 aromatic carbocycles. The van der Waals surface area contributed by atoms with E-state index in [2.05, 4.69) is 4.98 Å². The van der Waals surface area contributed by atoms with E-state index in [1.54, 1.807) is 42.4 Å². The van der Waals surface area contributed by atoms with Crippen LogP contribution in [0.4, 0.5) is 11.5 Å². The van der Waals surface area contributed by atoms with E-state index in [1.165, 1.54) is 0 Å². The normalized spacial score (nSPS) is 19.3. The van der Waals surface area contributed by atoms with Crippen LogP contribution in [0.25, 0.3) is 11.1 Å². The van der Waals surface area contributed by atoms with Crippen LogP contribution in [-0.4, -0.2) is 58.6 Å². The minimum Gasteiger partial charge on any atom is -0.507 e. The third kappa shape index (κ3) is 3.81. The number of rotatable bonds is 5.